The number of rotatable bonds is 5. The first kappa shape index (κ1) is 15.4. The van der Waals surface area contributed by atoms with Crippen molar-refractivity contribution in [2.45, 2.75) is 12.2 Å². The second-order valence-corrected chi connectivity index (χ2v) is 6.20. The first-order valence-electron chi connectivity index (χ1n) is 5.27. The Morgan fingerprint density at radius 2 is 2.11 bits per heavy atom. The zero-order valence-corrected chi connectivity index (χ0v) is 12.0. The summed E-state index contributed by atoms with van der Waals surface area (Å²) in [5.74, 6) is -0.835. The van der Waals surface area contributed by atoms with Gasteiger partial charge in [0.05, 0.1) is 7.11 Å². The van der Waals surface area contributed by atoms with Crippen LogP contribution in [0.2, 0.25) is 0 Å². The maximum absolute atomic E-state index is 11.9. The normalized spacial score (nSPS) is 12.5. The summed E-state index contributed by atoms with van der Waals surface area (Å²) >= 11 is 4.80. The standard InChI is InChI=1S/C11H14N2O4S2/c1-7(11(14)17-2)19(15,16)13-9-5-3-4-8(6-9)10(12)18/h3-7,13H,1-2H3,(H2,12,18). The average Bonchev–Trinajstić information content (AvgIpc) is 2.36. The Morgan fingerprint density at radius 3 is 2.63 bits per heavy atom. The lowest BCUT2D eigenvalue weighted by atomic mass is 10.2. The van der Waals surface area contributed by atoms with Gasteiger partial charge in [-0.05, 0) is 19.1 Å². The smallest absolute Gasteiger partial charge is 0.325 e. The molecule has 0 aromatic heterocycles. The number of hydrogen-bond acceptors (Lipinski definition) is 5. The third-order valence-corrected chi connectivity index (χ3v) is 4.29. The van der Waals surface area contributed by atoms with E-state index in [9.17, 15) is 13.2 Å². The Morgan fingerprint density at radius 1 is 1.47 bits per heavy atom. The SMILES string of the molecule is COC(=O)C(C)S(=O)(=O)Nc1cccc(C(N)=S)c1. The highest BCUT2D eigenvalue weighted by molar-refractivity contribution is 7.94. The predicted octanol–water partition coefficient (Wildman–Crippen LogP) is 0.624. The van der Waals surface area contributed by atoms with Crippen molar-refractivity contribution < 1.29 is 17.9 Å². The molecule has 0 radical (unpaired) electrons. The van der Waals surface area contributed by atoms with Crippen molar-refractivity contribution in [3.8, 4) is 0 Å². The molecule has 1 atom stereocenters. The molecule has 0 heterocycles. The van der Waals surface area contributed by atoms with Crippen LogP contribution in [0.1, 0.15) is 12.5 Å². The number of hydrogen-bond donors (Lipinski definition) is 2. The van der Waals surface area contributed by atoms with E-state index in [1.165, 1.54) is 19.1 Å². The predicted molar refractivity (Wildman–Crippen MR) is 76.3 cm³/mol. The lowest BCUT2D eigenvalue weighted by Gasteiger charge is -2.13. The van der Waals surface area contributed by atoms with Gasteiger partial charge in [-0.1, -0.05) is 24.4 Å². The third kappa shape index (κ3) is 3.90. The second-order valence-electron chi connectivity index (χ2n) is 3.76. The van der Waals surface area contributed by atoms with E-state index in [0.29, 0.717) is 5.56 Å². The average molecular weight is 302 g/mol. The number of benzene rings is 1. The second kappa shape index (κ2) is 5.98. The van der Waals surface area contributed by atoms with Crippen molar-refractivity contribution in [1.29, 1.82) is 0 Å². The van der Waals surface area contributed by atoms with Gasteiger partial charge in [0.2, 0.25) is 10.0 Å². The van der Waals surface area contributed by atoms with E-state index in [4.69, 9.17) is 18.0 Å². The largest absolute Gasteiger partial charge is 0.468 e. The molecule has 0 fully saturated rings. The molecule has 104 valence electrons. The number of carbonyl (C=O) groups excluding carboxylic acids is 1. The van der Waals surface area contributed by atoms with Crippen LogP contribution in [-0.2, 0) is 19.6 Å². The van der Waals surface area contributed by atoms with E-state index in [1.807, 2.05) is 0 Å². The first-order valence-corrected chi connectivity index (χ1v) is 7.22. The highest BCUT2D eigenvalue weighted by atomic mass is 32.2. The van der Waals surface area contributed by atoms with E-state index in [2.05, 4.69) is 9.46 Å². The summed E-state index contributed by atoms with van der Waals surface area (Å²) in [6, 6.07) is 6.28. The summed E-state index contributed by atoms with van der Waals surface area (Å²) in [5.41, 5.74) is 6.26. The maximum Gasteiger partial charge on any atom is 0.325 e. The van der Waals surface area contributed by atoms with Gasteiger partial charge in [0.1, 0.15) is 4.99 Å². The van der Waals surface area contributed by atoms with Gasteiger partial charge in [-0.2, -0.15) is 0 Å². The summed E-state index contributed by atoms with van der Waals surface area (Å²) in [6.07, 6.45) is 0. The van der Waals surface area contributed by atoms with E-state index >= 15 is 0 Å². The first-order chi connectivity index (χ1) is 8.77. The van der Waals surface area contributed by atoms with Crippen LogP contribution in [0.3, 0.4) is 0 Å². The highest BCUT2D eigenvalue weighted by Crippen LogP contribution is 2.15. The third-order valence-electron chi connectivity index (χ3n) is 2.41. The number of esters is 1. The molecule has 1 rings (SSSR count). The van der Waals surface area contributed by atoms with E-state index in [1.54, 1.807) is 12.1 Å². The number of carbonyl (C=O) groups is 1. The molecule has 8 heteroatoms. The molecule has 0 spiro atoms. The zero-order chi connectivity index (χ0) is 14.6. The van der Waals surface area contributed by atoms with Crippen LogP contribution in [0.25, 0.3) is 0 Å². The summed E-state index contributed by atoms with van der Waals surface area (Å²) in [4.78, 5) is 11.4. The summed E-state index contributed by atoms with van der Waals surface area (Å²) < 4.78 is 30.5. The number of nitrogens with one attached hydrogen (secondary N) is 1. The molecule has 1 aromatic carbocycles. The van der Waals surface area contributed by atoms with Crippen molar-refractivity contribution >= 4 is 38.9 Å². The van der Waals surface area contributed by atoms with Gasteiger partial charge >= 0.3 is 5.97 Å². The van der Waals surface area contributed by atoms with Gasteiger partial charge in [0.25, 0.3) is 0 Å². The molecule has 0 saturated heterocycles. The van der Waals surface area contributed by atoms with Gasteiger partial charge in [0, 0.05) is 11.3 Å². The lowest BCUT2D eigenvalue weighted by Crippen LogP contribution is -2.33. The van der Waals surface area contributed by atoms with E-state index < -0.39 is 21.2 Å². The fraction of sp³-hybridized carbons (Fsp3) is 0.273. The Labute approximate surface area is 117 Å². The van der Waals surface area contributed by atoms with Gasteiger partial charge in [-0.25, -0.2) is 8.42 Å². The summed E-state index contributed by atoms with van der Waals surface area (Å²) in [6.45, 7) is 1.24. The minimum Gasteiger partial charge on any atom is -0.468 e. The highest BCUT2D eigenvalue weighted by Gasteiger charge is 2.28. The van der Waals surface area contributed by atoms with Gasteiger partial charge in [-0.15, -0.1) is 0 Å². The van der Waals surface area contributed by atoms with E-state index in [-0.39, 0.29) is 10.7 Å². The molecule has 0 amide bonds. The fourth-order valence-electron chi connectivity index (χ4n) is 1.28. The molecular weight excluding hydrogens is 288 g/mol. The van der Waals surface area contributed by atoms with Gasteiger partial charge in [0.15, 0.2) is 5.25 Å². The van der Waals surface area contributed by atoms with Gasteiger partial charge < -0.3 is 10.5 Å². The Hall–Kier alpha value is -1.67. The van der Waals surface area contributed by atoms with Crippen LogP contribution < -0.4 is 10.5 Å². The molecule has 3 N–H and O–H groups in total. The lowest BCUT2D eigenvalue weighted by molar-refractivity contribution is -0.139. The van der Waals surface area contributed by atoms with Crippen LogP contribution in [0, 0.1) is 0 Å². The van der Waals surface area contributed by atoms with Crippen LogP contribution in [0.4, 0.5) is 5.69 Å². The van der Waals surface area contributed by atoms with Crippen molar-refractivity contribution in [3.05, 3.63) is 29.8 Å². The molecule has 0 bridgehead atoms. The Bertz CT molecular complexity index is 598. The number of thiocarbonyl (C=S) groups is 1. The molecular formula is C11H14N2O4S2. The van der Waals surface area contributed by atoms with Crippen LogP contribution >= 0.6 is 12.2 Å². The maximum atomic E-state index is 11.9. The van der Waals surface area contributed by atoms with Crippen molar-refractivity contribution in [2.75, 3.05) is 11.8 Å². The number of anilines is 1. The van der Waals surface area contributed by atoms with Crippen molar-refractivity contribution in [1.82, 2.24) is 0 Å². The number of sulfonamides is 1. The molecule has 0 saturated carbocycles. The summed E-state index contributed by atoms with van der Waals surface area (Å²) in [7, 11) is -2.75. The minimum absolute atomic E-state index is 0.155. The van der Waals surface area contributed by atoms with Gasteiger partial charge in [-0.3, -0.25) is 9.52 Å². The van der Waals surface area contributed by atoms with Crippen LogP contribution in [0.15, 0.2) is 24.3 Å². The molecule has 0 aliphatic heterocycles. The van der Waals surface area contributed by atoms with Crippen LogP contribution in [-0.4, -0.2) is 31.7 Å². The Balaban J connectivity index is 2.99. The number of nitrogens with two attached hydrogens (primary N) is 1. The fourth-order valence-corrected chi connectivity index (χ4v) is 2.39. The topological polar surface area (TPSA) is 98.5 Å². The molecule has 1 aromatic rings. The number of ether oxygens (including phenoxy) is 1. The zero-order valence-electron chi connectivity index (χ0n) is 10.4. The van der Waals surface area contributed by atoms with E-state index in [0.717, 1.165) is 7.11 Å². The van der Waals surface area contributed by atoms with Crippen molar-refractivity contribution in [3.63, 3.8) is 0 Å². The molecule has 6 nitrogen and oxygen atoms in total. The minimum atomic E-state index is -3.88. The Kier molecular flexibility index (Phi) is 4.84. The van der Waals surface area contributed by atoms with Crippen LogP contribution in [0.5, 0.6) is 0 Å². The molecule has 0 aliphatic rings. The van der Waals surface area contributed by atoms with Crippen molar-refractivity contribution in [2.24, 2.45) is 5.73 Å². The monoisotopic (exact) mass is 302 g/mol. The molecule has 1 unspecified atom stereocenters. The quantitative estimate of drug-likeness (QED) is 0.611. The molecule has 0 aliphatic carbocycles. The summed E-state index contributed by atoms with van der Waals surface area (Å²) in [5, 5.41) is -1.31. The molecule has 19 heavy (non-hydrogen) atoms. The number of methoxy groups -OCH3 is 1.